The van der Waals surface area contributed by atoms with Crippen LogP contribution in [0.5, 0.6) is 0 Å². The largest absolute Gasteiger partial charge is 0.368 e. The third-order valence-electron chi connectivity index (χ3n) is 7.04. The van der Waals surface area contributed by atoms with E-state index in [0.717, 1.165) is 69.1 Å². The molecule has 6 heteroatoms. The number of amides is 1. The molecular formula is C27H32N4O2. The van der Waals surface area contributed by atoms with Gasteiger partial charge in [-0.2, -0.15) is 0 Å². The van der Waals surface area contributed by atoms with E-state index in [1.807, 2.05) is 42.5 Å². The van der Waals surface area contributed by atoms with Crippen LogP contribution in [0.4, 0.5) is 5.69 Å². The Hall–Kier alpha value is -3.12. The number of anilines is 1. The van der Waals surface area contributed by atoms with E-state index in [4.69, 9.17) is 4.52 Å². The normalized spacial score (nSPS) is 21.2. The maximum atomic E-state index is 13.1. The van der Waals surface area contributed by atoms with Crippen molar-refractivity contribution in [2.24, 2.45) is 11.8 Å². The standard InChI is InChI=1S/C27H32N4O2/c32-27(31-15-13-30(14-16-31)25-9-5-2-6-10-25)18-22-11-12-28-20-23(22)17-24-19-26(33-29-24)21-7-3-1-4-8-21/h1-10,19,22-23,28H,11-18,20H2/t22-,23+/m0/s1. The summed E-state index contributed by atoms with van der Waals surface area (Å²) >= 11 is 0. The van der Waals surface area contributed by atoms with E-state index in [0.29, 0.717) is 24.2 Å². The lowest BCUT2D eigenvalue weighted by molar-refractivity contribution is -0.133. The molecule has 2 fully saturated rings. The number of rotatable bonds is 6. The van der Waals surface area contributed by atoms with Gasteiger partial charge in [0, 0.05) is 49.9 Å². The minimum absolute atomic E-state index is 0.296. The maximum Gasteiger partial charge on any atom is 0.222 e. The van der Waals surface area contributed by atoms with E-state index in [1.54, 1.807) is 0 Å². The average molecular weight is 445 g/mol. The second-order valence-electron chi connectivity index (χ2n) is 9.17. The zero-order valence-corrected chi connectivity index (χ0v) is 19.0. The van der Waals surface area contributed by atoms with Crippen molar-refractivity contribution in [1.82, 2.24) is 15.4 Å². The number of nitrogens with one attached hydrogen (secondary N) is 1. The van der Waals surface area contributed by atoms with Gasteiger partial charge in [0.15, 0.2) is 5.76 Å². The molecule has 0 unspecified atom stereocenters. The van der Waals surface area contributed by atoms with E-state index >= 15 is 0 Å². The molecule has 2 aliphatic rings. The zero-order chi connectivity index (χ0) is 22.5. The number of carbonyl (C=O) groups is 1. The van der Waals surface area contributed by atoms with Crippen molar-refractivity contribution in [3.63, 3.8) is 0 Å². The Bertz CT molecular complexity index is 1030. The fourth-order valence-corrected chi connectivity index (χ4v) is 5.11. The molecule has 33 heavy (non-hydrogen) atoms. The molecular weight excluding hydrogens is 412 g/mol. The number of para-hydroxylation sites is 1. The average Bonchev–Trinajstić information content (AvgIpc) is 3.35. The summed E-state index contributed by atoms with van der Waals surface area (Å²) in [6, 6.07) is 22.6. The first-order chi connectivity index (χ1) is 16.3. The molecule has 5 rings (SSSR count). The van der Waals surface area contributed by atoms with Gasteiger partial charge in [0.2, 0.25) is 5.91 Å². The van der Waals surface area contributed by atoms with E-state index in [-0.39, 0.29) is 0 Å². The molecule has 172 valence electrons. The van der Waals surface area contributed by atoms with Crippen LogP contribution in [0.1, 0.15) is 18.5 Å². The molecule has 6 nitrogen and oxygen atoms in total. The van der Waals surface area contributed by atoms with Crippen molar-refractivity contribution < 1.29 is 9.32 Å². The summed E-state index contributed by atoms with van der Waals surface area (Å²) in [5.41, 5.74) is 3.25. The Morgan fingerprint density at radius 1 is 0.970 bits per heavy atom. The lowest BCUT2D eigenvalue weighted by Gasteiger charge is -2.38. The Morgan fingerprint density at radius 3 is 2.45 bits per heavy atom. The second kappa shape index (κ2) is 10.2. The first kappa shape index (κ1) is 21.7. The van der Waals surface area contributed by atoms with Gasteiger partial charge < -0.3 is 19.6 Å². The number of hydrogen-bond donors (Lipinski definition) is 1. The summed E-state index contributed by atoms with van der Waals surface area (Å²) in [5.74, 6) is 1.87. The highest BCUT2D eigenvalue weighted by molar-refractivity contribution is 5.77. The highest BCUT2D eigenvalue weighted by Gasteiger charge is 2.30. The fraction of sp³-hybridized carbons (Fsp3) is 0.407. The van der Waals surface area contributed by atoms with Gasteiger partial charge in [0.05, 0.1) is 5.69 Å². The molecule has 0 aliphatic carbocycles. The molecule has 2 aliphatic heterocycles. The summed E-state index contributed by atoms with van der Waals surface area (Å²) < 4.78 is 5.60. The van der Waals surface area contributed by atoms with Crippen LogP contribution < -0.4 is 10.2 Å². The van der Waals surface area contributed by atoms with E-state index in [9.17, 15) is 4.79 Å². The molecule has 1 aromatic heterocycles. The van der Waals surface area contributed by atoms with Crippen LogP contribution in [0.15, 0.2) is 71.3 Å². The second-order valence-corrected chi connectivity index (χ2v) is 9.17. The Kier molecular flexibility index (Phi) is 6.72. The van der Waals surface area contributed by atoms with Crippen molar-refractivity contribution in [2.75, 3.05) is 44.2 Å². The SMILES string of the molecule is O=C(C[C@@H]1CCNC[C@H]1Cc1cc(-c2ccccc2)on1)N1CCN(c2ccccc2)CC1. The lowest BCUT2D eigenvalue weighted by Crippen LogP contribution is -2.50. The maximum absolute atomic E-state index is 13.1. The quantitative estimate of drug-likeness (QED) is 0.626. The number of nitrogens with zero attached hydrogens (tertiary/aromatic N) is 3. The van der Waals surface area contributed by atoms with Gasteiger partial charge in [-0.05, 0) is 49.9 Å². The Balaban J connectivity index is 1.17. The summed E-state index contributed by atoms with van der Waals surface area (Å²) in [4.78, 5) is 17.6. The van der Waals surface area contributed by atoms with E-state index < -0.39 is 0 Å². The van der Waals surface area contributed by atoms with Crippen LogP contribution >= 0.6 is 0 Å². The van der Waals surface area contributed by atoms with Gasteiger partial charge in [-0.3, -0.25) is 4.79 Å². The summed E-state index contributed by atoms with van der Waals surface area (Å²) in [5, 5.41) is 7.83. The van der Waals surface area contributed by atoms with Crippen molar-refractivity contribution in [3.05, 3.63) is 72.4 Å². The third kappa shape index (κ3) is 5.28. The van der Waals surface area contributed by atoms with Crippen LogP contribution in [0.3, 0.4) is 0 Å². The van der Waals surface area contributed by atoms with Gasteiger partial charge in [-0.1, -0.05) is 53.7 Å². The smallest absolute Gasteiger partial charge is 0.222 e. The molecule has 3 aromatic rings. The number of hydrogen-bond acceptors (Lipinski definition) is 5. The van der Waals surface area contributed by atoms with Crippen molar-refractivity contribution in [3.8, 4) is 11.3 Å². The molecule has 2 atom stereocenters. The molecule has 0 saturated carbocycles. The predicted molar refractivity (Wildman–Crippen MR) is 130 cm³/mol. The predicted octanol–water partition coefficient (Wildman–Crippen LogP) is 3.85. The van der Waals surface area contributed by atoms with Gasteiger partial charge in [-0.25, -0.2) is 0 Å². The molecule has 1 amide bonds. The first-order valence-electron chi connectivity index (χ1n) is 12.1. The minimum Gasteiger partial charge on any atom is -0.368 e. The summed E-state index contributed by atoms with van der Waals surface area (Å²) in [6.45, 7) is 5.29. The van der Waals surface area contributed by atoms with E-state index in [2.05, 4.69) is 44.5 Å². The minimum atomic E-state index is 0.296. The number of benzene rings is 2. The Morgan fingerprint density at radius 2 is 1.70 bits per heavy atom. The Labute approximate surface area is 195 Å². The van der Waals surface area contributed by atoms with Crippen molar-refractivity contribution in [2.45, 2.75) is 19.3 Å². The van der Waals surface area contributed by atoms with Crippen LogP contribution in [0.2, 0.25) is 0 Å². The first-order valence-corrected chi connectivity index (χ1v) is 12.1. The van der Waals surface area contributed by atoms with E-state index in [1.165, 1.54) is 5.69 Å². The van der Waals surface area contributed by atoms with Gasteiger partial charge in [-0.15, -0.1) is 0 Å². The summed E-state index contributed by atoms with van der Waals surface area (Å²) in [6.07, 6.45) is 2.49. The molecule has 1 N–H and O–H groups in total. The lowest BCUT2D eigenvalue weighted by atomic mass is 9.81. The third-order valence-corrected chi connectivity index (χ3v) is 7.04. The van der Waals surface area contributed by atoms with Crippen LogP contribution in [0.25, 0.3) is 11.3 Å². The van der Waals surface area contributed by atoms with Gasteiger partial charge in [0.25, 0.3) is 0 Å². The summed E-state index contributed by atoms with van der Waals surface area (Å²) in [7, 11) is 0. The van der Waals surface area contributed by atoms with Crippen LogP contribution in [0, 0.1) is 11.8 Å². The topological polar surface area (TPSA) is 61.6 Å². The molecule has 2 saturated heterocycles. The fourth-order valence-electron chi connectivity index (χ4n) is 5.11. The van der Waals surface area contributed by atoms with Crippen LogP contribution in [-0.4, -0.2) is 55.2 Å². The molecule has 0 spiro atoms. The van der Waals surface area contributed by atoms with Gasteiger partial charge in [0.1, 0.15) is 0 Å². The molecule has 2 aromatic carbocycles. The number of piperazine rings is 1. The monoisotopic (exact) mass is 444 g/mol. The molecule has 3 heterocycles. The van der Waals surface area contributed by atoms with Crippen molar-refractivity contribution >= 4 is 11.6 Å². The van der Waals surface area contributed by atoms with Crippen LogP contribution in [-0.2, 0) is 11.2 Å². The van der Waals surface area contributed by atoms with Crippen molar-refractivity contribution in [1.29, 1.82) is 0 Å². The number of aromatic nitrogens is 1. The van der Waals surface area contributed by atoms with Gasteiger partial charge >= 0.3 is 0 Å². The highest BCUT2D eigenvalue weighted by Crippen LogP contribution is 2.29. The number of piperidine rings is 1. The number of carbonyl (C=O) groups excluding carboxylic acids is 1. The highest BCUT2D eigenvalue weighted by atomic mass is 16.5. The molecule has 0 bridgehead atoms. The molecule has 0 radical (unpaired) electrons. The zero-order valence-electron chi connectivity index (χ0n) is 19.0.